The van der Waals surface area contributed by atoms with Gasteiger partial charge in [-0.1, -0.05) is 12.8 Å². The topological polar surface area (TPSA) is 50.9 Å². The molecule has 2 unspecified atom stereocenters. The summed E-state index contributed by atoms with van der Waals surface area (Å²) in [5, 5.41) is 3.55. The van der Waals surface area contributed by atoms with E-state index in [9.17, 15) is 0 Å². The van der Waals surface area contributed by atoms with Gasteiger partial charge in [-0.2, -0.15) is 0 Å². The molecule has 1 saturated carbocycles. The minimum atomic E-state index is 0.509. The lowest BCUT2D eigenvalue weighted by molar-refractivity contribution is 0.332. The van der Waals surface area contributed by atoms with Gasteiger partial charge < -0.3 is 11.1 Å². The number of halogens is 1. The maximum atomic E-state index is 5.81. The Hall–Kier alpha value is -0.610. The lowest BCUT2D eigenvalue weighted by Gasteiger charge is -2.32. The third-order valence-electron chi connectivity index (χ3n) is 3.27. The molecule has 16 heavy (non-hydrogen) atoms. The molecule has 88 valence electrons. The van der Waals surface area contributed by atoms with Crippen molar-refractivity contribution in [3.63, 3.8) is 0 Å². The van der Waals surface area contributed by atoms with Gasteiger partial charge in [0.1, 0.15) is 0 Å². The number of nitrogens with two attached hydrogens (primary N) is 1. The minimum absolute atomic E-state index is 0.509. The molecule has 0 aromatic carbocycles. The summed E-state index contributed by atoms with van der Waals surface area (Å²) in [6.07, 6.45) is 8.75. The van der Waals surface area contributed by atoms with Crippen molar-refractivity contribution in [2.75, 3.05) is 11.9 Å². The molecular formula is C12H18BrN3. The van der Waals surface area contributed by atoms with Gasteiger partial charge in [-0.25, -0.2) is 0 Å². The van der Waals surface area contributed by atoms with Gasteiger partial charge >= 0.3 is 0 Å². The molecule has 0 amide bonds. The number of hydrogen-bond donors (Lipinski definition) is 2. The van der Waals surface area contributed by atoms with Crippen molar-refractivity contribution in [2.24, 2.45) is 11.7 Å². The third kappa shape index (κ3) is 2.95. The Morgan fingerprint density at radius 3 is 2.94 bits per heavy atom. The first kappa shape index (κ1) is 11.9. The highest BCUT2D eigenvalue weighted by atomic mass is 79.9. The Morgan fingerprint density at radius 2 is 2.19 bits per heavy atom. The monoisotopic (exact) mass is 283 g/mol. The van der Waals surface area contributed by atoms with Crippen LogP contribution in [-0.2, 0) is 0 Å². The standard InChI is InChI=1S/C12H18BrN3/c13-10-5-11(8-15-7-10)16-12-4-2-1-3-9(12)6-14/h5,7-9,12,16H,1-4,6,14H2. The van der Waals surface area contributed by atoms with Gasteiger partial charge in [0.2, 0.25) is 0 Å². The molecule has 4 heteroatoms. The van der Waals surface area contributed by atoms with E-state index in [0.29, 0.717) is 12.0 Å². The number of pyridine rings is 1. The molecule has 1 aromatic rings. The summed E-state index contributed by atoms with van der Waals surface area (Å²) < 4.78 is 1.01. The molecule has 1 aliphatic rings. The number of aromatic nitrogens is 1. The second kappa shape index (κ2) is 5.64. The molecule has 3 N–H and O–H groups in total. The normalized spacial score (nSPS) is 25.4. The molecule has 0 bridgehead atoms. The number of rotatable bonds is 3. The van der Waals surface area contributed by atoms with Crippen molar-refractivity contribution in [1.29, 1.82) is 0 Å². The fourth-order valence-electron chi connectivity index (χ4n) is 2.38. The van der Waals surface area contributed by atoms with E-state index in [4.69, 9.17) is 5.73 Å². The second-order valence-electron chi connectivity index (χ2n) is 4.42. The SMILES string of the molecule is NCC1CCCCC1Nc1cncc(Br)c1. The Labute approximate surface area is 105 Å². The zero-order valence-electron chi connectivity index (χ0n) is 9.32. The number of anilines is 1. The molecular weight excluding hydrogens is 266 g/mol. The lowest BCUT2D eigenvalue weighted by atomic mass is 9.84. The Bertz CT molecular complexity index is 343. The van der Waals surface area contributed by atoms with Crippen LogP contribution in [0.5, 0.6) is 0 Å². The predicted octanol–water partition coefficient (Wildman–Crippen LogP) is 2.77. The van der Waals surface area contributed by atoms with Gasteiger partial charge in [0.25, 0.3) is 0 Å². The Morgan fingerprint density at radius 1 is 1.38 bits per heavy atom. The van der Waals surface area contributed by atoms with Crippen LogP contribution in [0.25, 0.3) is 0 Å². The smallest absolute Gasteiger partial charge is 0.0540 e. The Balaban J connectivity index is 2.02. The van der Waals surface area contributed by atoms with Crippen LogP contribution in [0.15, 0.2) is 22.9 Å². The van der Waals surface area contributed by atoms with Crippen molar-refractivity contribution in [1.82, 2.24) is 4.98 Å². The molecule has 2 rings (SSSR count). The van der Waals surface area contributed by atoms with Gasteiger partial charge in [-0.15, -0.1) is 0 Å². The number of hydrogen-bond acceptors (Lipinski definition) is 3. The Kier molecular flexibility index (Phi) is 4.18. The highest BCUT2D eigenvalue weighted by Crippen LogP contribution is 2.27. The van der Waals surface area contributed by atoms with Crippen molar-refractivity contribution in [3.8, 4) is 0 Å². The van der Waals surface area contributed by atoms with E-state index >= 15 is 0 Å². The van der Waals surface area contributed by atoms with Crippen LogP contribution in [0.4, 0.5) is 5.69 Å². The maximum Gasteiger partial charge on any atom is 0.0540 e. The van der Waals surface area contributed by atoms with E-state index in [1.165, 1.54) is 25.7 Å². The first-order valence-corrected chi connectivity index (χ1v) is 6.66. The van der Waals surface area contributed by atoms with Gasteiger partial charge in [0.05, 0.1) is 11.9 Å². The van der Waals surface area contributed by atoms with Crippen LogP contribution in [0.2, 0.25) is 0 Å². The molecule has 0 aliphatic heterocycles. The fourth-order valence-corrected chi connectivity index (χ4v) is 2.75. The van der Waals surface area contributed by atoms with Gasteiger partial charge in [0, 0.05) is 16.7 Å². The average Bonchev–Trinajstić information content (AvgIpc) is 2.30. The summed E-state index contributed by atoms with van der Waals surface area (Å²) in [6, 6.07) is 2.57. The molecule has 1 heterocycles. The van der Waals surface area contributed by atoms with Crippen molar-refractivity contribution in [3.05, 3.63) is 22.9 Å². The van der Waals surface area contributed by atoms with Crippen LogP contribution in [-0.4, -0.2) is 17.6 Å². The second-order valence-corrected chi connectivity index (χ2v) is 5.34. The summed E-state index contributed by atoms with van der Waals surface area (Å²) in [5.41, 5.74) is 6.90. The summed E-state index contributed by atoms with van der Waals surface area (Å²) in [4.78, 5) is 4.16. The van der Waals surface area contributed by atoms with E-state index in [2.05, 4.69) is 32.3 Å². The molecule has 1 aromatic heterocycles. The van der Waals surface area contributed by atoms with Crippen LogP contribution >= 0.6 is 15.9 Å². The third-order valence-corrected chi connectivity index (χ3v) is 3.70. The lowest BCUT2D eigenvalue weighted by Crippen LogP contribution is -2.36. The van der Waals surface area contributed by atoms with Crippen molar-refractivity contribution in [2.45, 2.75) is 31.7 Å². The summed E-state index contributed by atoms with van der Waals surface area (Å²) >= 11 is 3.43. The summed E-state index contributed by atoms with van der Waals surface area (Å²) in [5.74, 6) is 0.604. The number of nitrogens with zero attached hydrogens (tertiary/aromatic N) is 1. The zero-order valence-corrected chi connectivity index (χ0v) is 10.9. The van der Waals surface area contributed by atoms with Gasteiger partial charge in [0.15, 0.2) is 0 Å². The molecule has 1 aliphatic carbocycles. The van der Waals surface area contributed by atoms with Crippen LogP contribution < -0.4 is 11.1 Å². The average molecular weight is 284 g/mol. The van der Waals surface area contributed by atoms with Crippen molar-refractivity contribution >= 4 is 21.6 Å². The first-order chi connectivity index (χ1) is 7.79. The zero-order chi connectivity index (χ0) is 11.4. The van der Waals surface area contributed by atoms with E-state index in [-0.39, 0.29) is 0 Å². The minimum Gasteiger partial charge on any atom is -0.381 e. The molecule has 1 fully saturated rings. The van der Waals surface area contributed by atoms with Gasteiger partial charge in [-0.3, -0.25) is 4.98 Å². The molecule has 0 saturated heterocycles. The molecule has 2 atom stereocenters. The summed E-state index contributed by atoms with van der Waals surface area (Å²) in [7, 11) is 0. The van der Waals surface area contributed by atoms with E-state index in [0.717, 1.165) is 16.7 Å². The van der Waals surface area contributed by atoms with Crippen LogP contribution in [0.3, 0.4) is 0 Å². The maximum absolute atomic E-state index is 5.81. The van der Waals surface area contributed by atoms with E-state index < -0.39 is 0 Å². The van der Waals surface area contributed by atoms with Crippen LogP contribution in [0, 0.1) is 5.92 Å². The number of nitrogens with one attached hydrogen (secondary N) is 1. The van der Waals surface area contributed by atoms with E-state index in [1.54, 1.807) is 6.20 Å². The molecule has 0 radical (unpaired) electrons. The van der Waals surface area contributed by atoms with E-state index in [1.807, 2.05) is 6.20 Å². The van der Waals surface area contributed by atoms with Gasteiger partial charge in [-0.05, 0) is 47.3 Å². The molecule has 0 spiro atoms. The highest BCUT2D eigenvalue weighted by Gasteiger charge is 2.23. The quantitative estimate of drug-likeness (QED) is 0.897. The van der Waals surface area contributed by atoms with Crippen molar-refractivity contribution < 1.29 is 0 Å². The summed E-state index contributed by atoms with van der Waals surface area (Å²) in [6.45, 7) is 0.777. The van der Waals surface area contributed by atoms with Crippen LogP contribution in [0.1, 0.15) is 25.7 Å². The molecule has 3 nitrogen and oxygen atoms in total. The highest BCUT2D eigenvalue weighted by molar-refractivity contribution is 9.10. The predicted molar refractivity (Wildman–Crippen MR) is 70.4 cm³/mol. The fraction of sp³-hybridized carbons (Fsp3) is 0.583. The first-order valence-electron chi connectivity index (χ1n) is 5.87. The largest absolute Gasteiger partial charge is 0.381 e.